The Morgan fingerprint density at radius 2 is 1.90 bits per heavy atom. The molecule has 0 bridgehead atoms. The molecule has 1 fully saturated rings. The number of hydrogen-bond acceptors (Lipinski definition) is 3. The van der Waals surface area contributed by atoms with Crippen LogP contribution in [0.2, 0.25) is 0 Å². The first-order chi connectivity index (χ1) is 9.59. The second kappa shape index (κ2) is 6.93. The smallest absolute Gasteiger partial charge is 0.315 e. The van der Waals surface area contributed by atoms with Crippen molar-refractivity contribution in [2.24, 2.45) is 5.41 Å². The zero-order valence-corrected chi connectivity index (χ0v) is 14.5. The fraction of sp³-hybridized carbons (Fsp3) is 0.923. The van der Waals surface area contributed by atoms with E-state index in [-0.39, 0.29) is 24.0 Å². The van der Waals surface area contributed by atoms with Gasteiger partial charge >= 0.3 is 6.03 Å². The molecule has 0 aromatic heterocycles. The van der Waals surface area contributed by atoms with Gasteiger partial charge in [0.05, 0.1) is 0 Å². The molecule has 1 heterocycles. The Kier molecular flexibility index (Phi) is 6.01. The number of urea groups is 1. The van der Waals surface area contributed by atoms with E-state index in [4.69, 9.17) is 0 Å². The number of rotatable bonds is 4. The van der Waals surface area contributed by atoms with Crippen LogP contribution < -0.4 is 10.6 Å². The van der Waals surface area contributed by atoms with E-state index in [1.54, 1.807) is 7.05 Å². The van der Waals surface area contributed by atoms with Crippen molar-refractivity contribution < 1.29 is 13.2 Å². The predicted octanol–water partition coefficient (Wildman–Crippen LogP) is 0.603. The number of hydrogen-bond donors (Lipinski definition) is 2. The number of carbonyl (C=O) groups is 1. The van der Waals surface area contributed by atoms with Crippen molar-refractivity contribution in [1.82, 2.24) is 19.2 Å². The van der Waals surface area contributed by atoms with Crippen molar-refractivity contribution in [3.8, 4) is 0 Å². The lowest BCUT2D eigenvalue weighted by molar-refractivity contribution is 0.194. The highest BCUT2D eigenvalue weighted by Crippen LogP contribution is 2.23. The largest absolute Gasteiger partial charge is 0.338 e. The third-order valence-corrected chi connectivity index (χ3v) is 5.63. The first-order valence-electron chi connectivity index (χ1n) is 7.34. The topological polar surface area (TPSA) is 81.8 Å². The average Bonchev–Trinajstić information content (AvgIpc) is 2.33. The van der Waals surface area contributed by atoms with Gasteiger partial charge in [0.25, 0.3) is 10.2 Å². The van der Waals surface area contributed by atoms with E-state index in [9.17, 15) is 13.2 Å². The van der Waals surface area contributed by atoms with Crippen LogP contribution in [0.4, 0.5) is 4.79 Å². The quantitative estimate of drug-likeness (QED) is 0.796. The number of nitrogens with one attached hydrogen (secondary N) is 2. The Morgan fingerprint density at radius 3 is 2.43 bits per heavy atom. The molecule has 124 valence electrons. The van der Waals surface area contributed by atoms with Crippen molar-refractivity contribution in [3.05, 3.63) is 0 Å². The van der Waals surface area contributed by atoms with Gasteiger partial charge in [-0.2, -0.15) is 17.0 Å². The minimum Gasteiger partial charge on any atom is -0.338 e. The Morgan fingerprint density at radius 1 is 1.29 bits per heavy atom. The highest BCUT2D eigenvalue weighted by Gasteiger charge is 2.36. The van der Waals surface area contributed by atoms with Crippen molar-refractivity contribution in [2.45, 2.75) is 40.2 Å². The van der Waals surface area contributed by atoms with E-state index in [0.29, 0.717) is 19.6 Å². The van der Waals surface area contributed by atoms with E-state index in [1.165, 1.54) is 8.61 Å². The third kappa shape index (κ3) is 4.82. The lowest BCUT2D eigenvalue weighted by atomic mass is 9.86. The third-order valence-electron chi connectivity index (χ3n) is 3.67. The second-order valence-corrected chi connectivity index (χ2v) is 8.50. The summed E-state index contributed by atoms with van der Waals surface area (Å²) in [6.45, 7) is 9.67. The summed E-state index contributed by atoms with van der Waals surface area (Å²) in [6, 6.07) is -0.523. The molecule has 8 heteroatoms. The maximum Gasteiger partial charge on any atom is 0.315 e. The first-order valence-corrected chi connectivity index (χ1v) is 8.74. The van der Waals surface area contributed by atoms with Gasteiger partial charge in [0.1, 0.15) is 0 Å². The Bertz CT molecular complexity index is 459. The Hall–Kier alpha value is -0.860. The van der Waals surface area contributed by atoms with Crippen molar-refractivity contribution in [1.29, 1.82) is 0 Å². The normalized spacial score (nSPS) is 21.8. The monoisotopic (exact) mass is 320 g/mol. The molecule has 0 saturated carbocycles. The van der Waals surface area contributed by atoms with Gasteiger partial charge in [-0.1, -0.05) is 20.8 Å². The van der Waals surface area contributed by atoms with Gasteiger partial charge < -0.3 is 10.6 Å². The molecule has 1 aliphatic rings. The molecule has 0 aliphatic carbocycles. The van der Waals surface area contributed by atoms with Gasteiger partial charge in [-0.05, 0) is 18.8 Å². The molecule has 1 atom stereocenters. The van der Waals surface area contributed by atoms with Crippen LogP contribution in [0.15, 0.2) is 0 Å². The molecule has 0 radical (unpaired) electrons. The number of carbonyl (C=O) groups excluding carboxylic acids is 1. The van der Waals surface area contributed by atoms with Crippen LogP contribution in [0.3, 0.4) is 0 Å². The zero-order valence-electron chi connectivity index (χ0n) is 13.6. The Balaban J connectivity index is 2.84. The molecule has 2 amide bonds. The molecule has 7 nitrogen and oxygen atoms in total. The van der Waals surface area contributed by atoms with Crippen LogP contribution in [0.25, 0.3) is 0 Å². The molecule has 0 unspecified atom stereocenters. The number of amides is 2. The van der Waals surface area contributed by atoms with E-state index >= 15 is 0 Å². The summed E-state index contributed by atoms with van der Waals surface area (Å²) in [5.74, 6) is 0. The van der Waals surface area contributed by atoms with Crippen LogP contribution in [-0.4, -0.2) is 62.3 Å². The summed E-state index contributed by atoms with van der Waals surface area (Å²) >= 11 is 0. The molecule has 1 rings (SSSR count). The van der Waals surface area contributed by atoms with Gasteiger partial charge in [0.15, 0.2) is 0 Å². The van der Waals surface area contributed by atoms with Crippen molar-refractivity contribution in [2.75, 3.05) is 33.2 Å². The average molecular weight is 320 g/mol. The lowest BCUT2D eigenvalue weighted by Gasteiger charge is -2.38. The predicted molar refractivity (Wildman–Crippen MR) is 83.2 cm³/mol. The summed E-state index contributed by atoms with van der Waals surface area (Å²) in [5, 5.41) is 5.57. The van der Waals surface area contributed by atoms with E-state index in [0.717, 1.165) is 6.42 Å². The summed E-state index contributed by atoms with van der Waals surface area (Å²) in [5.41, 5.74) is -0.239. The molecule has 1 saturated heterocycles. The van der Waals surface area contributed by atoms with Crippen molar-refractivity contribution >= 4 is 16.2 Å². The van der Waals surface area contributed by atoms with Gasteiger partial charge in [-0.15, -0.1) is 0 Å². The van der Waals surface area contributed by atoms with Gasteiger partial charge in [0.2, 0.25) is 0 Å². The SMILES string of the molecule is CCNC(=O)N[C@H](CN1CCCN(C)S1(=O)=O)C(C)(C)C. The summed E-state index contributed by atoms with van der Waals surface area (Å²) in [4.78, 5) is 11.8. The maximum absolute atomic E-state index is 12.3. The van der Waals surface area contributed by atoms with Crippen LogP contribution in [0.5, 0.6) is 0 Å². The minimum atomic E-state index is -3.41. The van der Waals surface area contributed by atoms with Crippen LogP contribution >= 0.6 is 0 Å². The summed E-state index contributed by atoms with van der Waals surface area (Å²) < 4.78 is 27.4. The zero-order chi connectivity index (χ0) is 16.3. The van der Waals surface area contributed by atoms with Crippen LogP contribution in [0, 0.1) is 5.41 Å². The van der Waals surface area contributed by atoms with Gasteiger partial charge in [-0.3, -0.25) is 0 Å². The van der Waals surface area contributed by atoms with Crippen LogP contribution in [0.1, 0.15) is 34.1 Å². The maximum atomic E-state index is 12.3. The summed E-state index contributed by atoms with van der Waals surface area (Å²) in [7, 11) is -1.82. The fourth-order valence-corrected chi connectivity index (χ4v) is 3.64. The fourth-order valence-electron chi connectivity index (χ4n) is 2.19. The highest BCUT2D eigenvalue weighted by molar-refractivity contribution is 7.86. The molecule has 0 spiro atoms. The number of nitrogens with zero attached hydrogens (tertiary/aromatic N) is 2. The molecular weight excluding hydrogens is 292 g/mol. The van der Waals surface area contributed by atoms with E-state index in [2.05, 4.69) is 10.6 Å². The molecule has 1 aliphatic heterocycles. The molecule has 2 N–H and O–H groups in total. The van der Waals surface area contributed by atoms with E-state index in [1.807, 2.05) is 27.7 Å². The standard InChI is InChI=1S/C13H28N4O3S/c1-6-14-12(18)15-11(13(2,3)4)10-17-9-7-8-16(5)21(17,19)20/h11H,6-10H2,1-5H3,(H2,14,15,18)/t11-/m1/s1. The second-order valence-electron chi connectivity index (χ2n) is 6.46. The molecular formula is C13H28N4O3S. The van der Waals surface area contributed by atoms with Crippen LogP contribution in [-0.2, 0) is 10.2 Å². The lowest BCUT2D eigenvalue weighted by Crippen LogP contribution is -2.57. The molecule has 21 heavy (non-hydrogen) atoms. The van der Waals surface area contributed by atoms with Gasteiger partial charge in [0, 0.05) is 39.3 Å². The highest BCUT2D eigenvalue weighted by atomic mass is 32.2. The Labute approximate surface area is 128 Å². The molecule has 0 aromatic carbocycles. The van der Waals surface area contributed by atoms with E-state index < -0.39 is 10.2 Å². The summed E-state index contributed by atoms with van der Waals surface area (Å²) in [6.07, 6.45) is 0.799. The van der Waals surface area contributed by atoms with Crippen molar-refractivity contribution in [3.63, 3.8) is 0 Å². The molecule has 0 aromatic rings. The minimum absolute atomic E-state index is 0.239. The first kappa shape index (κ1) is 18.2. The van der Waals surface area contributed by atoms with Gasteiger partial charge in [-0.25, -0.2) is 4.79 Å².